The molecule has 3 saturated heterocycles. The van der Waals surface area contributed by atoms with Gasteiger partial charge in [0.25, 0.3) is 0 Å². The van der Waals surface area contributed by atoms with E-state index in [9.17, 15) is 4.39 Å². The first-order chi connectivity index (χ1) is 14.7. The Morgan fingerprint density at radius 3 is 2.71 bits per heavy atom. The molecule has 1 N–H and O–H groups in total. The lowest BCUT2D eigenvalue weighted by Gasteiger charge is -2.39. The van der Waals surface area contributed by atoms with Gasteiger partial charge < -0.3 is 24.4 Å². The van der Waals surface area contributed by atoms with Crippen LogP contribution in [0.1, 0.15) is 38.2 Å². The van der Waals surface area contributed by atoms with E-state index in [0.717, 1.165) is 63.4 Å². The van der Waals surface area contributed by atoms with E-state index in [1.54, 1.807) is 12.1 Å². The van der Waals surface area contributed by atoms with Crippen LogP contribution in [-0.4, -0.2) is 75.7 Å². The lowest BCUT2D eigenvalue weighted by atomic mass is 9.74. The standard InChI is InChI=1S/C23H34FN3O3.HI/c1-2-25-22(27-10-14-30-21(16-27)20-7-4-11-29-20)26-17-23(8-12-28-13-9-23)18-5-3-6-19(24)15-18;/h3,5-6,15,20-21H,2,4,7-14,16-17H2,1H3,(H,25,26);1H. The Balaban J connectivity index is 0.00000272. The molecule has 8 heteroatoms. The first-order valence-corrected chi connectivity index (χ1v) is 11.3. The van der Waals surface area contributed by atoms with Gasteiger partial charge in [-0.1, -0.05) is 12.1 Å². The van der Waals surface area contributed by atoms with Crippen molar-refractivity contribution in [3.8, 4) is 0 Å². The van der Waals surface area contributed by atoms with Crippen molar-refractivity contribution in [2.24, 2.45) is 4.99 Å². The van der Waals surface area contributed by atoms with Gasteiger partial charge in [-0.2, -0.15) is 0 Å². The smallest absolute Gasteiger partial charge is 0.194 e. The number of morpholine rings is 1. The highest BCUT2D eigenvalue weighted by atomic mass is 127. The van der Waals surface area contributed by atoms with Crippen LogP contribution in [0.5, 0.6) is 0 Å². The lowest BCUT2D eigenvalue weighted by Crippen LogP contribution is -2.53. The quantitative estimate of drug-likeness (QED) is 0.349. The number of aliphatic imine (C=N–C) groups is 1. The predicted molar refractivity (Wildman–Crippen MR) is 130 cm³/mol. The normalized spacial score (nSPS) is 26.4. The molecule has 3 aliphatic rings. The van der Waals surface area contributed by atoms with Crippen molar-refractivity contribution >= 4 is 29.9 Å². The second-order valence-corrected chi connectivity index (χ2v) is 8.48. The van der Waals surface area contributed by atoms with Crippen LogP contribution >= 0.6 is 24.0 Å². The van der Waals surface area contributed by atoms with Crippen LogP contribution in [0.15, 0.2) is 29.3 Å². The average Bonchev–Trinajstić information content (AvgIpc) is 3.32. The highest BCUT2D eigenvalue weighted by Crippen LogP contribution is 2.35. The fraction of sp³-hybridized carbons (Fsp3) is 0.696. The van der Waals surface area contributed by atoms with Gasteiger partial charge in [-0.15, -0.1) is 24.0 Å². The van der Waals surface area contributed by atoms with E-state index >= 15 is 0 Å². The number of guanidine groups is 1. The van der Waals surface area contributed by atoms with Crippen LogP contribution in [0.3, 0.4) is 0 Å². The third-order valence-corrected chi connectivity index (χ3v) is 6.53. The molecule has 1 aromatic carbocycles. The number of nitrogens with one attached hydrogen (secondary N) is 1. The van der Waals surface area contributed by atoms with E-state index < -0.39 is 0 Å². The summed E-state index contributed by atoms with van der Waals surface area (Å²) in [7, 11) is 0. The summed E-state index contributed by atoms with van der Waals surface area (Å²) in [6.45, 7) is 7.97. The first-order valence-electron chi connectivity index (χ1n) is 11.3. The summed E-state index contributed by atoms with van der Waals surface area (Å²) in [6.07, 6.45) is 4.14. The van der Waals surface area contributed by atoms with Gasteiger partial charge in [0.15, 0.2) is 5.96 Å². The van der Waals surface area contributed by atoms with Crippen LogP contribution in [0, 0.1) is 5.82 Å². The fourth-order valence-electron chi connectivity index (χ4n) is 4.76. The minimum absolute atomic E-state index is 0. The molecule has 0 bridgehead atoms. The fourth-order valence-corrected chi connectivity index (χ4v) is 4.76. The van der Waals surface area contributed by atoms with Gasteiger partial charge in [-0.05, 0) is 50.3 Å². The van der Waals surface area contributed by atoms with Crippen molar-refractivity contribution < 1.29 is 18.6 Å². The van der Waals surface area contributed by atoms with Crippen molar-refractivity contribution in [2.45, 2.75) is 50.2 Å². The van der Waals surface area contributed by atoms with Crippen molar-refractivity contribution in [2.75, 3.05) is 52.6 Å². The van der Waals surface area contributed by atoms with Crippen LogP contribution in [-0.2, 0) is 19.6 Å². The maximum atomic E-state index is 14.0. The highest BCUT2D eigenvalue weighted by Gasteiger charge is 2.36. The van der Waals surface area contributed by atoms with Crippen molar-refractivity contribution in [1.82, 2.24) is 10.2 Å². The molecule has 3 heterocycles. The Hall–Kier alpha value is -0.970. The van der Waals surface area contributed by atoms with Gasteiger partial charge >= 0.3 is 0 Å². The summed E-state index contributed by atoms with van der Waals surface area (Å²) in [6, 6.07) is 6.99. The van der Waals surface area contributed by atoms with Crippen LogP contribution in [0.25, 0.3) is 0 Å². The van der Waals surface area contributed by atoms with Crippen LogP contribution < -0.4 is 5.32 Å². The second kappa shape index (κ2) is 11.8. The average molecular weight is 547 g/mol. The van der Waals surface area contributed by atoms with Gasteiger partial charge in [0, 0.05) is 44.9 Å². The summed E-state index contributed by atoms with van der Waals surface area (Å²) < 4.78 is 31.5. The number of nitrogens with zero attached hydrogens (tertiary/aromatic N) is 2. The molecule has 2 atom stereocenters. The summed E-state index contributed by atoms with van der Waals surface area (Å²) in [5.41, 5.74) is 0.825. The van der Waals surface area contributed by atoms with E-state index in [2.05, 4.69) is 17.1 Å². The zero-order valence-electron chi connectivity index (χ0n) is 18.4. The first kappa shape index (κ1) is 24.7. The summed E-state index contributed by atoms with van der Waals surface area (Å²) in [5, 5.41) is 3.46. The molecule has 3 aliphatic heterocycles. The van der Waals surface area contributed by atoms with E-state index in [0.29, 0.717) is 26.4 Å². The van der Waals surface area contributed by atoms with Gasteiger partial charge in [0.2, 0.25) is 0 Å². The third-order valence-electron chi connectivity index (χ3n) is 6.53. The topological polar surface area (TPSA) is 55.3 Å². The number of halogens is 2. The van der Waals surface area contributed by atoms with E-state index in [-0.39, 0.29) is 47.4 Å². The number of benzene rings is 1. The number of rotatable bonds is 5. The van der Waals surface area contributed by atoms with Gasteiger partial charge in [0.1, 0.15) is 11.9 Å². The molecular formula is C23H35FIN3O3. The number of hydrogen-bond acceptors (Lipinski definition) is 4. The molecule has 0 saturated carbocycles. The summed E-state index contributed by atoms with van der Waals surface area (Å²) in [5.74, 6) is 0.716. The second-order valence-electron chi connectivity index (χ2n) is 8.48. The molecule has 4 rings (SSSR count). The minimum Gasteiger partial charge on any atom is -0.381 e. The highest BCUT2D eigenvalue weighted by molar-refractivity contribution is 14.0. The predicted octanol–water partition coefficient (Wildman–Crippen LogP) is 3.34. The molecule has 0 spiro atoms. The number of hydrogen-bond donors (Lipinski definition) is 1. The summed E-state index contributed by atoms with van der Waals surface area (Å²) >= 11 is 0. The zero-order chi connectivity index (χ0) is 20.8. The van der Waals surface area contributed by atoms with Crippen LogP contribution in [0.4, 0.5) is 4.39 Å². The van der Waals surface area contributed by atoms with E-state index in [4.69, 9.17) is 19.2 Å². The van der Waals surface area contributed by atoms with Crippen molar-refractivity contribution in [3.63, 3.8) is 0 Å². The summed E-state index contributed by atoms with van der Waals surface area (Å²) in [4.78, 5) is 7.35. The molecule has 6 nitrogen and oxygen atoms in total. The molecule has 2 unspecified atom stereocenters. The SMILES string of the molecule is CCNC(=NCC1(c2cccc(F)c2)CCOCC1)N1CCOC(C2CCCO2)C1.I. The molecule has 31 heavy (non-hydrogen) atoms. The van der Waals surface area contributed by atoms with E-state index in [1.165, 1.54) is 6.07 Å². The molecule has 0 aliphatic carbocycles. The molecule has 174 valence electrons. The monoisotopic (exact) mass is 547 g/mol. The molecule has 3 fully saturated rings. The Bertz CT molecular complexity index is 724. The lowest BCUT2D eigenvalue weighted by molar-refractivity contribution is -0.0817. The molecule has 0 aromatic heterocycles. The Kier molecular flexibility index (Phi) is 9.36. The number of ether oxygens (including phenoxy) is 3. The molecule has 1 aromatic rings. The third kappa shape index (κ3) is 6.09. The van der Waals surface area contributed by atoms with Gasteiger partial charge in [-0.3, -0.25) is 4.99 Å². The molecule has 0 radical (unpaired) electrons. The van der Waals surface area contributed by atoms with Gasteiger partial charge in [0.05, 0.1) is 19.3 Å². The van der Waals surface area contributed by atoms with Crippen LogP contribution in [0.2, 0.25) is 0 Å². The zero-order valence-corrected chi connectivity index (χ0v) is 20.7. The van der Waals surface area contributed by atoms with Crippen molar-refractivity contribution in [3.05, 3.63) is 35.6 Å². The molecular weight excluding hydrogens is 512 g/mol. The largest absolute Gasteiger partial charge is 0.381 e. The molecule has 0 amide bonds. The van der Waals surface area contributed by atoms with E-state index in [1.807, 2.05) is 6.07 Å². The maximum absolute atomic E-state index is 14.0. The Morgan fingerprint density at radius 1 is 1.19 bits per heavy atom. The Labute approximate surface area is 201 Å². The van der Waals surface area contributed by atoms with Gasteiger partial charge in [-0.25, -0.2) is 4.39 Å². The maximum Gasteiger partial charge on any atom is 0.194 e. The van der Waals surface area contributed by atoms with Crippen molar-refractivity contribution in [1.29, 1.82) is 0 Å². The minimum atomic E-state index is -0.193. The Morgan fingerprint density at radius 2 is 2.00 bits per heavy atom.